The fourth-order valence-corrected chi connectivity index (χ4v) is 8.40. The Morgan fingerprint density at radius 2 is 1.16 bits per heavy atom. The van der Waals surface area contributed by atoms with E-state index in [9.17, 15) is 0 Å². The van der Waals surface area contributed by atoms with Crippen LogP contribution in [0.5, 0.6) is 0 Å². The maximum Gasteiger partial charge on any atom is 0.0943 e. The van der Waals surface area contributed by atoms with Crippen LogP contribution in [0.1, 0.15) is 23.1 Å². The first-order chi connectivity index (χ1) is 27.2. The number of nitrogens with one attached hydrogen (secondary N) is 1. The number of benzene rings is 7. The Hall–Kier alpha value is -7.10. The summed E-state index contributed by atoms with van der Waals surface area (Å²) in [6.07, 6.45) is 7.21. The van der Waals surface area contributed by atoms with Crippen LogP contribution >= 0.6 is 0 Å². The molecular weight excluding hydrogens is 667 g/mol. The fraction of sp³-hybridized carbons (Fsp3) is 0.0385. The highest BCUT2D eigenvalue weighted by Crippen LogP contribution is 2.49. The summed E-state index contributed by atoms with van der Waals surface area (Å²) in [6.45, 7) is 0. The van der Waals surface area contributed by atoms with E-state index < -0.39 is 0 Å². The summed E-state index contributed by atoms with van der Waals surface area (Å²) in [5.74, 6) is 0.306. The zero-order valence-corrected chi connectivity index (χ0v) is 30.1. The standard InChI is InChI=1S/C52H35N3/c1-2-9-36(10-3-1)46-32-49(55-50(48-31-47(46)48)42-13-6-12-40(29-42)41-24-19-33-8-4-5-11-39(33)28-41)38-22-17-35(18-23-38)34-15-20-37(21-16-34)45-30-43-14-7-26-53-51(43)52-44(45)25-27-54-52/h1-30,32,48,54H,31H2. The molecule has 3 heterocycles. The van der Waals surface area contributed by atoms with Crippen LogP contribution in [0.4, 0.5) is 0 Å². The SMILES string of the molecule is C1=C(c2ccc(-c3ccc(-c4cc5cccnc5c5[nH]ccc45)cc3)cc2)N=C(c2cccc(-c3ccc4ccccc4c3)c2)C2CC2=C1c1ccccc1. The summed E-state index contributed by atoms with van der Waals surface area (Å²) in [5, 5.41) is 4.82. The Bertz CT molecular complexity index is 3030. The number of hydrogen-bond acceptors (Lipinski definition) is 2. The van der Waals surface area contributed by atoms with Crippen molar-refractivity contribution in [1.29, 1.82) is 0 Å². The van der Waals surface area contributed by atoms with Gasteiger partial charge in [0.05, 0.1) is 22.4 Å². The molecule has 0 saturated heterocycles. The normalized spacial score (nSPS) is 15.2. The van der Waals surface area contributed by atoms with Crippen molar-refractivity contribution in [3.63, 3.8) is 0 Å². The Morgan fingerprint density at radius 1 is 0.491 bits per heavy atom. The van der Waals surface area contributed by atoms with Crippen molar-refractivity contribution >= 4 is 49.6 Å². The van der Waals surface area contributed by atoms with Crippen LogP contribution in [0, 0.1) is 5.92 Å². The van der Waals surface area contributed by atoms with Crippen LogP contribution < -0.4 is 0 Å². The molecule has 0 amide bonds. The minimum absolute atomic E-state index is 0.306. The summed E-state index contributed by atoms with van der Waals surface area (Å²) >= 11 is 0. The molecule has 11 rings (SSSR count). The van der Waals surface area contributed by atoms with Crippen molar-refractivity contribution in [2.24, 2.45) is 10.9 Å². The van der Waals surface area contributed by atoms with Gasteiger partial charge in [0.1, 0.15) is 0 Å². The van der Waals surface area contributed by atoms with Gasteiger partial charge in [-0.2, -0.15) is 0 Å². The molecule has 1 saturated carbocycles. The molecule has 3 nitrogen and oxygen atoms in total. The first kappa shape index (κ1) is 31.4. The predicted octanol–water partition coefficient (Wildman–Crippen LogP) is 13.2. The van der Waals surface area contributed by atoms with Gasteiger partial charge in [-0.3, -0.25) is 9.98 Å². The topological polar surface area (TPSA) is 41.0 Å². The van der Waals surface area contributed by atoms with Gasteiger partial charge in [0.15, 0.2) is 0 Å². The molecule has 7 aromatic carbocycles. The minimum atomic E-state index is 0.306. The van der Waals surface area contributed by atoms with Crippen LogP contribution in [0.3, 0.4) is 0 Å². The first-order valence-corrected chi connectivity index (χ1v) is 19.0. The van der Waals surface area contributed by atoms with Gasteiger partial charge in [-0.15, -0.1) is 0 Å². The molecule has 258 valence electrons. The Balaban J connectivity index is 0.944. The molecule has 0 radical (unpaired) electrons. The van der Waals surface area contributed by atoms with Gasteiger partial charge in [-0.1, -0.05) is 145 Å². The van der Waals surface area contributed by atoms with Gasteiger partial charge >= 0.3 is 0 Å². The van der Waals surface area contributed by atoms with E-state index in [4.69, 9.17) is 4.99 Å². The maximum atomic E-state index is 5.52. The summed E-state index contributed by atoms with van der Waals surface area (Å²) in [4.78, 5) is 13.6. The molecule has 1 aliphatic carbocycles. The Kier molecular flexibility index (Phi) is 7.31. The smallest absolute Gasteiger partial charge is 0.0943 e. The number of pyridine rings is 1. The highest BCUT2D eigenvalue weighted by atomic mass is 14.8. The average Bonchev–Trinajstić information content (AvgIpc) is 3.91. The van der Waals surface area contributed by atoms with Crippen LogP contribution in [0.25, 0.3) is 77.2 Å². The molecule has 1 atom stereocenters. The summed E-state index contributed by atoms with van der Waals surface area (Å²) in [5.41, 5.74) is 17.7. The Morgan fingerprint density at radius 3 is 2.00 bits per heavy atom. The first-order valence-electron chi connectivity index (χ1n) is 19.0. The molecule has 9 aromatic rings. The lowest BCUT2D eigenvalue weighted by Gasteiger charge is -2.11. The number of fused-ring (bicyclic) bond motifs is 5. The quantitative estimate of drug-likeness (QED) is 0.184. The zero-order valence-electron chi connectivity index (χ0n) is 30.1. The van der Waals surface area contributed by atoms with E-state index >= 15 is 0 Å². The summed E-state index contributed by atoms with van der Waals surface area (Å²) in [6, 6.07) is 61.4. The number of H-pyrrole nitrogens is 1. The number of hydrogen-bond donors (Lipinski definition) is 1. The van der Waals surface area contributed by atoms with Crippen LogP contribution in [0.2, 0.25) is 0 Å². The van der Waals surface area contributed by atoms with Gasteiger partial charge in [0.2, 0.25) is 0 Å². The molecule has 0 spiro atoms. The van der Waals surface area contributed by atoms with E-state index in [0.29, 0.717) is 5.92 Å². The van der Waals surface area contributed by atoms with Gasteiger partial charge in [-0.25, -0.2) is 0 Å². The molecule has 0 bridgehead atoms. The summed E-state index contributed by atoms with van der Waals surface area (Å²) < 4.78 is 0. The van der Waals surface area contributed by atoms with Crippen molar-refractivity contribution < 1.29 is 0 Å². The summed E-state index contributed by atoms with van der Waals surface area (Å²) in [7, 11) is 0. The molecule has 55 heavy (non-hydrogen) atoms. The van der Waals surface area contributed by atoms with Crippen LogP contribution in [-0.4, -0.2) is 15.7 Å². The molecule has 1 N–H and O–H groups in total. The second kappa shape index (κ2) is 12.8. The van der Waals surface area contributed by atoms with Gasteiger partial charge in [-0.05, 0) is 104 Å². The largest absolute Gasteiger partial charge is 0.359 e. The maximum absolute atomic E-state index is 5.52. The van der Waals surface area contributed by atoms with Gasteiger partial charge < -0.3 is 4.98 Å². The van der Waals surface area contributed by atoms with E-state index in [1.165, 1.54) is 71.8 Å². The number of aromatic nitrogens is 2. The highest BCUT2D eigenvalue weighted by molar-refractivity contribution is 6.13. The van der Waals surface area contributed by atoms with Gasteiger partial charge in [0.25, 0.3) is 0 Å². The van der Waals surface area contributed by atoms with E-state index in [-0.39, 0.29) is 0 Å². The van der Waals surface area contributed by atoms with Crippen molar-refractivity contribution in [1.82, 2.24) is 9.97 Å². The predicted molar refractivity (Wildman–Crippen MR) is 230 cm³/mol. The van der Waals surface area contributed by atoms with Crippen molar-refractivity contribution in [3.05, 3.63) is 211 Å². The monoisotopic (exact) mass is 701 g/mol. The Labute approximate surface area is 319 Å². The molecular formula is C52H35N3. The van der Waals surface area contributed by atoms with Gasteiger partial charge in [0, 0.05) is 34.6 Å². The van der Waals surface area contributed by atoms with E-state index in [1.807, 2.05) is 18.5 Å². The molecule has 2 aliphatic rings. The zero-order chi connectivity index (χ0) is 36.3. The molecule has 3 heteroatoms. The lowest BCUT2D eigenvalue weighted by Crippen LogP contribution is -2.04. The van der Waals surface area contributed by atoms with Crippen LogP contribution in [-0.2, 0) is 0 Å². The fourth-order valence-electron chi connectivity index (χ4n) is 8.40. The van der Waals surface area contributed by atoms with E-state index in [1.54, 1.807) is 0 Å². The number of nitrogens with zero attached hydrogens (tertiary/aromatic N) is 2. The second-order valence-corrected chi connectivity index (χ2v) is 14.7. The third kappa shape index (κ3) is 5.60. The third-order valence-corrected chi connectivity index (χ3v) is 11.3. The van der Waals surface area contributed by atoms with Crippen molar-refractivity contribution in [3.8, 4) is 33.4 Å². The second-order valence-electron chi connectivity index (χ2n) is 14.7. The third-order valence-electron chi connectivity index (χ3n) is 11.3. The molecule has 1 fully saturated rings. The molecule has 2 aromatic heterocycles. The molecule has 1 aliphatic heterocycles. The minimum Gasteiger partial charge on any atom is -0.359 e. The van der Waals surface area contributed by atoms with Crippen LogP contribution in [0.15, 0.2) is 199 Å². The average molecular weight is 702 g/mol. The van der Waals surface area contributed by atoms with E-state index in [0.717, 1.165) is 39.8 Å². The van der Waals surface area contributed by atoms with Crippen molar-refractivity contribution in [2.75, 3.05) is 0 Å². The lowest BCUT2D eigenvalue weighted by molar-refractivity contribution is 1.22. The number of aromatic amines is 1. The molecule has 1 unspecified atom stereocenters. The number of allylic oxidation sites excluding steroid dienone is 3. The van der Waals surface area contributed by atoms with Crippen molar-refractivity contribution in [2.45, 2.75) is 6.42 Å². The number of aliphatic imine (C=N–C) groups is 1. The van der Waals surface area contributed by atoms with E-state index in [2.05, 4.69) is 180 Å². The number of rotatable bonds is 6. The highest BCUT2D eigenvalue weighted by Gasteiger charge is 2.39. The lowest BCUT2D eigenvalue weighted by atomic mass is 9.96.